The van der Waals surface area contributed by atoms with E-state index in [9.17, 15) is 0 Å². The third-order valence-corrected chi connectivity index (χ3v) is 5.53. The van der Waals surface area contributed by atoms with Crippen molar-refractivity contribution in [1.82, 2.24) is 4.90 Å². The second-order valence-corrected chi connectivity index (χ2v) is 9.16. The third kappa shape index (κ3) is 11.7. The number of hydrogen-bond acceptors (Lipinski definition) is 4. The van der Waals surface area contributed by atoms with Crippen LogP contribution in [-0.4, -0.2) is 51.8 Å². The number of hydrogen-bond donors (Lipinski definition) is 0. The van der Waals surface area contributed by atoms with Crippen molar-refractivity contribution < 1.29 is 14.2 Å². The predicted octanol–water partition coefficient (Wildman–Crippen LogP) is 6.34. The fourth-order valence-corrected chi connectivity index (χ4v) is 4.27. The molecule has 0 aliphatic rings. The summed E-state index contributed by atoms with van der Waals surface area (Å²) in [5.41, 5.74) is 0. The van der Waals surface area contributed by atoms with Gasteiger partial charge in [0.2, 0.25) is 0 Å². The third-order valence-electron chi connectivity index (χ3n) is 5.53. The van der Waals surface area contributed by atoms with E-state index in [4.69, 9.17) is 14.2 Å². The zero-order valence-electron chi connectivity index (χ0n) is 20.4. The number of nitrogens with zero attached hydrogens (tertiary/aromatic N) is 1. The first-order chi connectivity index (χ1) is 13.3. The SMILES string of the molecule is CCCCCCCCC(CCCN(CC(C)C)CC(C)C)C(OC)(OC)OC. The Kier molecular flexibility index (Phi) is 16.5. The maximum Gasteiger partial charge on any atom is 0.285 e. The Morgan fingerprint density at radius 3 is 1.61 bits per heavy atom. The van der Waals surface area contributed by atoms with Crippen molar-refractivity contribution in [1.29, 1.82) is 0 Å². The Bertz CT molecular complexity index is 324. The van der Waals surface area contributed by atoms with E-state index < -0.39 is 5.97 Å². The van der Waals surface area contributed by atoms with Crippen LogP contribution in [0.5, 0.6) is 0 Å². The zero-order valence-corrected chi connectivity index (χ0v) is 20.4. The Labute approximate surface area is 176 Å². The van der Waals surface area contributed by atoms with E-state index in [1.165, 1.54) is 51.6 Å². The molecule has 28 heavy (non-hydrogen) atoms. The van der Waals surface area contributed by atoms with Crippen LogP contribution < -0.4 is 0 Å². The lowest BCUT2D eigenvalue weighted by Crippen LogP contribution is -2.44. The van der Waals surface area contributed by atoms with E-state index >= 15 is 0 Å². The molecule has 0 bridgehead atoms. The van der Waals surface area contributed by atoms with Gasteiger partial charge in [-0.3, -0.25) is 0 Å². The van der Waals surface area contributed by atoms with Gasteiger partial charge < -0.3 is 19.1 Å². The summed E-state index contributed by atoms with van der Waals surface area (Å²) in [6.45, 7) is 15.0. The fraction of sp³-hybridized carbons (Fsp3) is 1.00. The van der Waals surface area contributed by atoms with E-state index in [2.05, 4.69) is 39.5 Å². The number of methoxy groups -OCH3 is 3. The van der Waals surface area contributed by atoms with E-state index in [0.717, 1.165) is 25.8 Å². The smallest absolute Gasteiger partial charge is 0.285 e. The molecule has 0 spiro atoms. The molecule has 170 valence electrons. The predicted molar refractivity (Wildman–Crippen MR) is 121 cm³/mol. The molecule has 4 heteroatoms. The fourth-order valence-electron chi connectivity index (χ4n) is 4.27. The van der Waals surface area contributed by atoms with Gasteiger partial charge in [0.1, 0.15) is 0 Å². The Morgan fingerprint density at radius 1 is 0.679 bits per heavy atom. The maximum absolute atomic E-state index is 5.72. The molecule has 0 fully saturated rings. The molecule has 0 aliphatic heterocycles. The van der Waals surface area contributed by atoms with Gasteiger partial charge in [-0.05, 0) is 37.6 Å². The summed E-state index contributed by atoms with van der Waals surface area (Å²) in [5, 5.41) is 0. The lowest BCUT2D eigenvalue weighted by atomic mass is 9.92. The summed E-state index contributed by atoms with van der Waals surface area (Å²) < 4.78 is 17.2. The van der Waals surface area contributed by atoms with Gasteiger partial charge in [-0.1, -0.05) is 73.1 Å². The van der Waals surface area contributed by atoms with Gasteiger partial charge in [-0.2, -0.15) is 0 Å². The Balaban J connectivity index is 4.72. The molecule has 4 nitrogen and oxygen atoms in total. The summed E-state index contributed by atoms with van der Waals surface area (Å²) in [4.78, 5) is 2.62. The molecule has 0 aromatic carbocycles. The molecule has 0 aliphatic carbocycles. The zero-order chi connectivity index (χ0) is 21.4. The average molecular weight is 402 g/mol. The normalized spacial score (nSPS) is 13.8. The first-order valence-corrected chi connectivity index (χ1v) is 11.7. The number of ether oxygens (including phenoxy) is 3. The molecule has 0 amide bonds. The van der Waals surface area contributed by atoms with Crippen molar-refractivity contribution in [2.24, 2.45) is 17.8 Å². The first-order valence-electron chi connectivity index (χ1n) is 11.7. The van der Waals surface area contributed by atoms with Crippen molar-refractivity contribution in [2.45, 2.75) is 98.4 Å². The van der Waals surface area contributed by atoms with Crippen molar-refractivity contribution >= 4 is 0 Å². The van der Waals surface area contributed by atoms with Gasteiger partial charge in [0.25, 0.3) is 5.97 Å². The van der Waals surface area contributed by atoms with Crippen LogP contribution >= 0.6 is 0 Å². The van der Waals surface area contributed by atoms with Crippen molar-refractivity contribution in [3.63, 3.8) is 0 Å². The van der Waals surface area contributed by atoms with Gasteiger partial charge in [0.05, 0.1) is 0 Å². The standard InChI is InChI=1S/C24H51NO3/c1-9-10-11-12-13-14-16-23(24(26-6,27-7)28-8)17-15-18-25(19-21(2)3)20-22(4)5/h21-23H,9-20H2,1-8H3. The van der Waals surface area contributed by atoms with E-state index in [0.29, 0.717) is 11.8 Å². The van der Waals surface area contributed by atoms with Crippen molar-refractivity contribution in [2.75, 3.05) is 41.0 Å². The second-order valence-electron chi connectivity index (χ2n) is 9.16. The minimum atomic E-state index is -0.912. The Hall–Kier alpha value is -0.160. The molecule has 0 aromatic heterocycles. The largest absolute Gasteiger partial charge is 0.331 e. The van der Waals surface area contributed by atoms with Gasteiger partial charge in [-0.25, -0.2) is 0 Å². The molecular formula is C24H51NO3. The van der Waals surface area contributed by atoms with Crippen LogP contribution in [0.1, 0.15) is 92.4 Å². The number of unbranched alkanes of at least 4 members (excludes halogenated alkanes) is 5. The van der Waals surface area contributed by atoms with E-state index in [1.807, 2.05) is 0 Å². The van der Waals surface area contributed by atoms with Gasteiger partial charge in [-0.15, -0.1) is 0 Å². The molecule has 1 unspecified atom stereocenters. The average Bonchev–Trinajstić information content (AvgIpc) is 2.64. The molecule has 0 saturated heterocycles. The lowest BCUT2D eigenvalue weighted by molar-refractivity contribution is -0.380. The molecular weight excluding hydrogens is 350 g/mol. The van der Waals surface area contributed by atoms with E-state index in [-0.39, 0.29) is 5.92 Å². The van der Waals surface area contributed by atoms with Crippen LogP contribution in [0.15, 0.2) is 0 Å². The highest BCUT2D eigenvalue weighted by Crippen LogP contribution is 2.32. The summed E-state index contributed by atoms with van der Waals surface area (Å²) in [7, 11) is 5.10. The van der Waals surface area contributed by atoms with Crippen LogP contribution in [-0.2, 0) is 14.2 Å². The van der Waals surface area contributed by atoms with Crippen LogP contribution in [0.25, 0.3) is 0 Å². The highest BCUT2D eigenvalue weighted by Gasteiger charge is 2.39. The molecule has 0 radical (unpaired) electrons. The second kappa shape index (κ2) is 16.6. The molecule has 0 N–H and O–H groups in total. The summed E-state index contributed by atoms with van der Waals surface area (Å²) in [5.74, 6) is 0.755. The van der Waals surface area contributed by atoms with Gasteiger partial charge in [0, 0.05) is 40.3 Å². The topological polar surface area (TPSA) is 30.9 Å². The maximum atomic E-state index is 5.72. The van der Waals surface area contributed by atoms with Gasteiger partial charge >= 0.3 is 0 Å². The minimum absolute atomic E-state index is 0.263. The summed E-state index contributed by atoms with van der Waals surface area (Å²) >= 11 is 0. The highest BCUT2D eigenvalue weighted by atomic mass is 16.9. The monoisotopic (exact) mass is 401 g/mol. The molecule has 0 heterocycles. The van der Waals surface area contributed by atoms with E-state index in [1.54, 1.807) is 21.3 Å². The quantitative estimate of drug-likeness (QED) is 0.187. The highest BCUT2D eigenvalue weighted by molar-refractivity contribution is 4.73. The van der Waals surface area contributed by atoms with Crippen molar-refractivity contribution in [3.8, 4) is 0 Å². The molecule has 1 atom stereocenters. The van der Waals surface area contributed by atoms with Crippen LogP contribution in [0.4, 0.5) is 0 Å². The number of rotatable bonds is 19. The summed E-state index contributed by atoms with van der Waals surface area (Å²) in [6.07, 6.45) is 11.1. The van der Waals surface area contributed by atoms with Crippen LogP contribution in [0.2, 0.25) is 0 Å². The van der Waals surface area contributed by atoms with Crippen LogP contribution in [0.3, 0.4) is 0 Å². The minimum Gasteiger partial charge on any atom is -0.331 e. The first kappa shape index (κ1) is 27.8. The molecule has 0 saturated carbocycles. The molecule has 0 aromatic rings. The molecule has 0 rings (SSSR count). The van der Waals surface area contributed by atoms with Crippen molar-refractivity contribution in [3.05, 3.63) is 0 Å². The van der Waals surface area contributed by atoms with Gasteiger partial charge in [0.15, 0.2) is 0 Å². The summed E-state index contributed by atoms with van der Waals surface area (Å²) in [6, 6.07) is 0. The lowest BCUT2D eigenvalue weighted by Gasteiger charge is -2.37. The van der Waals surface area contributed by atoms with Crippen LogP contribution in [0, 0.1) is 17.8 Å². The Morgan fingerprint density at radius 2 is 1.14 bits per heavy atom.